The fraction of sp³-hybridized carbons (Fsp3) is 0.500. The highest BCUT2D eigenvalue weighted by molar-refractivity contribution is 5.48. The molecule has 96 valence electrons. The summed E-state index contributed by atoms with van der Waals surface area (Å²) in [6, 6.07) is 0.669. The second-order valence-corrected chi connectivity index (χ2v) is 4.32. The molecule has 17 heavy (non-hydrogen) atoms. The molecule has 0 fully saturated rings. The van der Waals surface area contributed by atoms with Gasteiger partial charge in [0.1, 0.15) is 0 Å². The molecule has 5 N–H and O–H groups in total. The Morgan fingerprint density at radius 3 is 2.35 bits per heavy atom. The number of hydrogen-bond acceptors (Lipinski definition) is 5. The van der Waals surface area contributed by atoms with Crippen LogP contribution in [0, 0.1) is 11.6 Å². The van der Waals surface area contributed by atoms with Crippen molar-refractivity contribution in [2.24, 2.45) is 5.84 Å². The van der Waals surface area contributed by atoms with Crippen LogP contribution < -0.4 is 16.6 Å². The van der Waals surface area contributed by atoms with Crippen LogP contribution in [0.2, 0.25) is 0 Å². The zero-order valence-electron chi connectivity index (χ0n) is 9.88. The smallest absolute Gasteiger partial charge is 0.178 e. The lowest BCUT2D eigenvalue weighted by atomic mass is 9.99. The van der Waals surface area contributed by atoms with Gasteiger partial charge >= 0.3 is 0 Å². The average Bonchev–Trinajstić information content (AvgIpc) is 2.21. The Hall–Kier alpha value is -1.47. The molecule has 1 rings (SSSR count). The van der Waals surface area contributed by atoms with E-state index in [1.54, 1.807) is 20.8 Å². The summed E-state index contributed by atoms with van der Waals surface area (Å²) in [5, 5.41) is 12.2. The number of nitrogens with one attached hydrogen (secondary N) is 2. The lowest BCUT2D eigenvalue weighted by molar-refractivity contribution is 0.132. The largest absolute Gasteiger partial charge is 0.391 e. The van der Waals surface area contributed by atoms with Crippen LogP contribution in [0.1, 0.15) is 20.8 Å². The number of nitrogen functional groups attached to an aromatic ring is 1. The Morgan fingerprint density at radius 2 is 1.88 bits per heavy atom. The van der Waals surface area contributed by atoms with Gasteiger partial charge in [-0.2, -0.15) is 0 Å². The van der Waals surface area contributed by atoms with Crippen molar-refractivity contribution in [2.75, 3.05) is 10.7 Å². The van der Waals surface area contributed by atoms with Crippen LogP contribution in [0.3, 0.4) is 0 Å². The molecule has 0 aliphatic heterocycles. The van der Waals surface area contributed by atoms with E-state index in [9.17, 15) is 13.9 Å². The van der Waals surface area contributed by atoms with E-state index in [-0.39, 0.29) is 11.6 Å². The molecule has 0 aromatic carbocycles. The number of pyridine rings is 1. The quantitative estimate of drug-likeness (QED) is 0.474. The minimum Gasteiger partial charge on any atom is -0.391 e. The maximum absolute atomic E-state index is 13.4. The maximum atomic E-state index is 13.4. The van der Waals surface area contributed by atoms with Gasteiger partial charge in [-0.1, -0.05) is 0 Å². The predicted octanol–water partition coefficient (Wildman–Crippen LogP) is 1.22. The Labute approximate surface area is 98.0 Å². The van der Waals surface area contributed by atoms with Crippen molar-refractivity contribution in [3.05, 3.63) is 17.7 Å². The van der Waals surface area contributed by atoms with E-state index in [4.69, 9.17) is 5.84 Å². The van der Waals surface area contributed by atoms with Crippen molar-refractivity contribution in [2.45, 2.75) is 32.4 Å². The number of halogens is 2. The summed E-state index contributed by atoms with van der Waals surface area (Å²) in [4.78, 5) is 3.65. The fourth-order valence-corrected chi connectivity index (χ4v) is 1.07. The number of rotatable bonds is 4. The van der Waals surface area contributed by atoms with Gasteiger partial charge in [0.15, 0.2) is 23.3 Å². The predicted molar refractivity (Wildman–Crippen MR) is 61.3 cm³/mol. The molecular formula is C10H16F2N4O. The summed E-state index contributed by atoms with van der Waals surface area (Å²) in [7, 11) is 0. The molecule has 0 bridgehead atoms. The summed E-state index contributed by atoms with van der Waals surface area (Å²) in [6.45, 7) is 4.88. The minimum absolute atomic E-state index is 0.176. The van der Waals surface area contributed by atoms with Crippen molar-refractivity contribution >= 4 is 11.6 Å². The maximum Gasteiger partial charge on any atom is 0.178 e. The lowest BCUT2D eigenvalue weighted by Crippen LogP contribution is -2.42. The standard InChI is InChI=1S/C10H16F2N4O/c1-5(17)10(2,3)15-8-6(11)4-7(12)9(14-8)16-13/h4-5,17H,13H2,1-3H3,(H2,14,15,16). The molecule has 0 aliphatic carbocycles. The normalized spacial score (nSPS) is 13.4. The molecule has 5 nitrogen and oxygen atoms in total. The molecule has 0 saturated heterocycles. The molecule has 0 saturated carbocycles. The van der Waals surface area contributed by atoms with Gasteiger partial charge in [0.2, 0.25) is 0 Å². The molecule has 7 heteroatoms. The van der Waals surface area contributed by atoms with Crippen LogP contribution in [0.25, 0.3) is 0 Å². The number of hydrazine groups is 1. The first-order valence-corrected chi connectivity index (χ1v) is 5.07. The summed E-state index contributed by atoms with van der Waals surface area (Å²) in [6.07, 6.45) is -0.747. The molecule has 0 aliphatic rings. The van der Waals surface area contributed by atoms with Crippen LogP contribution in [0.15, 0.2) is 6.07 Å². The Balaban J connectivity index is 3.07. The zero-order chi connectivity index (χ0) is 13.2. The highest BCUT2D eigenvalue weighted by Gasteiger charge is 2.26. The number of anilines is 2. The summed E-state index contributed by atoms with van der Waals surface area (Å²) in [5.74, 6) is 2.86. The zero-order valence-corrected chi connectivity index (χ0v) is 9.88. The number of nitrogens with zero attached hydrogens (tertiary/aromatic N) is 1. The molecule has 1 unspecified atom stereocenters. The number of nitrogens with two attached hydrogens (primary N) is 1. The van der Waals surface area contributed by atoms with E-state index < -0.39 is 23.3 Å². The summed E-state index contributed by atoms with van der Waals surface area (Å²) in [5.41, 5.74) is 1.21. The number of aliphatic hydroxyl groups excluding tert-OH is 1. The van der Waals surface area contributed by atoms with Crippen LogP contribution in [-0.4, -0.2) is 21.7 Å². The number of aliphatic hydroxyl groups is 1. The van der Waals surface area contributed by atoms with Gasteiger partial charge in [-0.25, -0.2) is 19.6 Å². The molecule has 1 aromatic rings. The van der Waals surface area contributed by atoms with E-state index in [1.165, 1.54) is 0 Å². The lowest BCUT2D eigenvalue weighted by Gasteiger charge is -2.30. The number of hydrogen-bond donors (Lipinski definition) is 4. The topological polar surface area (TPSA) is 83.2 Å². The van der Waals surface area contributed by atoms with Gasteiger partial charge < -0.3 is 15.8 Å². The second kappa shape index (κ2) is 4.80. The first-order valence-electron chi connectivity index (χ1n) is 5.07. The van der Waals surface area contributed by atoms with Gasteiger partial charge in [-0.3, -0.25) is 0 Å². The minimum atomic E-state index is -0.884. The number of aromatic nitrogens is 1. The van der Waals surface area contributed by atoms with Crippen LogP contribution in [0.5, 0.6) is 0 Å². The van der Waals surface area contributed by atoms with Crippen molar-refractivity contribution in [1.29, 1.82) is 0 Å². The van der Waals surface area contributed by atoms with Crippen molar-refractivity contribution in [3.63, 3.8) is 0 Å². The SMILES string of the molecule is CC(O)C(C)(C)Nc1nc(NN)c(F)cc1F. The highest BCUT2D eigenvalue weighted by atomic mass is 19.1. The first kappa shape index (κ1) is 13.6. The Bertz CT molecular complexity index is 410. The van der Waals surface area contributed by atoms with Gasteiger partial charge in [-0.05, 0) is 20.8 Å². The Kier molecular flexibility index (Phi) is 3.84. The van der Waals surface area contributed by atoms with E-state index in [1.807, 2.05) is 5.43 Å². The van der Waals surface area contributed by atoms with E-state index in [0.717, 1.165) is 0 Å². The monoisotopic (exact) mass is 246 g/mol. The third-order valence-corrected chi connectivity index (χ3v) is 2.55. The Morgan fingerprint density at radius 1 is 1.35 bits per heavy atom. The third kappa shape index (κ3) is 3.01. The highest BCUT2D eigenvalue weighted by Crippen LogP contribution is 2.22. The molecule has 0 radical (unpaired) electrons. The van der Waals surface area contributed by atoms with E-state index in [2.05, 4.69) is 10.3 Å². The average molecular weight is 246 g/mol. The van der Waals surface area contributed by atoms with Crippen LogP contribution in [0.4, 0.5) is 20.4 Å². The van der Waals surface area contributed by atoms with Gasteiger partial charge in [0.25, 0.3) is 0 Å². The summed E-state index contributed by atoms with van der Waals surface area (Å²) >= 11 is 0. The van der Waals surface area contributed by atoms with Crippen LogP contribution in [-0.2, 0) is 0 Å². The second-order valence-electron chi connectivity index (χ2n) is 4.32. The van der Waals surface area contributed by atoms with E-state index >= 15 is 0 Å². The van der Waals surface area contributed by atoms with Crippen molar-refractivity contribution in [1.82, 2.24) is 4.98 Å². The molecule has 1 atom stereocenters. The molecule has 0 amide bonds. The van der Waals surface area contributed by atoms with Gasteiger partial charge in [0, 0.05) is 6.07 Å². The fourth-order valence-electron chi connectivity index (χ4n) is 1.07. The summed E-state index contributed by atoms with van der Waals surface area (Å²) < 4.78 is 26.5. The molecule has 1 heterocycles. The van der Waals surface area contributed by atoms with Gasteiger partial charge in [-0.15, -0.1) is 0 Å². The van der Waals surface area contributed by atoms with Crippen LogP contribution >= 0.6 is 0 Å². The van der Waals surface area contributed by atoms with E-state index in [0.29, 0.717) is 6.07 Å². The third-order valence-electron chi connectivity index (χ3n) is 2.55. The molecular weight excluding hydrogens is 230 g/mol. The molecule has 1 aromatic heterocycles. The van der Waals surface area contributed by atoms with Crippen molar-refractivity contribution in [3.8, 4) is 0 Å². The van der Waals surface area contributed by atoms with Crippen molar-refractivity contribution < 1.29 is 13.9 Å². The van der Waals surface area contributed by atoms with Gasteiger partial charge in [0.05, 0.1) is 11.6 Å². The molecule has 0 spiro atoms. The first-order chi connectivity index (χ1) is 7.77.